The van der Waals surface area contributed by atoms with Gasteiger partial charge in [0.2, 0.25) is 6.79 Å². The van der Waals surface area contributed by atoms with Gasteiger partial charge in [-0.15, -0.1) is 0 Å². The number of hydrogen-bond acceptors (Lipinski definition) is 4. The number of fused-ring (bicyclic) bond motifs is 1. The molecular formula is C19H20FNO4. The van der Waals surface area contributed by atoms with Crippen molar-refractivity contribution in [2.75, 3.05) is 20.4 Å². The largest absolute Gasteiger partial charge is 0.496 e. The van der Waals surface area contributed by atoms with Gasteiger partial charge in [0.05, 0.1) is 12.7 Å². The maximum atomic E-state index is 13.4. The van der Waals surface area contributed by atoms with Gasteiger partial charge in [-0.2, -0.15) is 0 Å². The van der Waals surface area contributed by atoms with Crippen LogP contribution in [0.4, 0.5) is 4.39 Å². The normalized spacial score (nSPS) is 12.8. The molecule has 0 atom stereocenters. The highest BCUT2D eigenvalue weighted by Crippen LogP contribution is 2.36. The van der Waals surface area contributed by atoms with E-state index in [4.69, 9.17) is 14.2 Å². The first-order valence-corrected chi connectivity index (χ1v) is 7.92. The summed E-state index contributed by atoms with van der Waals surface area (Å²) < 4.78 is 29.3. The average Bonchev–Trinajstić information content (AvgIpc) is 3.07. The molecule has 2 aromatic carbocycles. The second kappa shape index (κ2) is 6.63. The van der Waals surface area contributed by atoms with Crippen LogP contribution < -0.4 is 19.5 Å². The molecular weight excluding hydrogens is 325 g/mol. The summed E-state index contributed by atoms with van der Waals surface area (Å²) in [5.74, 6) is 0.878. The van der Waals surface area contributed by atoms with Gasteiger partial charge in [0.15, 0.2) is 11.5 Å². The van der Waals surface area contributed by atoms with Crippen molar-refractivity contribution in [1.29, 1.82) is 0 Å². The maximum absolute atomic E-state index is 13.4. The number of rotatable bonds is 5. The zero-order valence-electron chi connectivity index (χ0n) is 14.4. The van der Waals surface area contributed by atoms with Gasteiger partial charge in [0.1, 0.15) is 11.6 Å². The Bertz CT molecular complexity index is 804. The minimum absolute atomic E-state index is 0.170. The van der Waals surface area contributed by atoms with Crippen molar-refractivity contribution >= 4 is 5.91 Å². The molecule has 2 aromatic rings. The predicted octanol–water partition coefficient (Wildman–Crippen LogP) is 3.27. The van der Waals surface area contributed by atoms with Crippen molar-refractivity contribution in [2.45, 2.75) is 19.3 Å². The van der Waals surface area contributed by atoms with Crippen LogP contribution >= 0.6 is 0 Å². The molecule has 0 bridgehead atoms. The Hall–Kier alpha value is -2.76. The van der Waals surface area contributed by atoms with Crippen molar-refractivity contribution < 1.29 is 23.4 Å². The van der Waals surface area contributed by atoms with Crippen LogP contribution in [0.5, 0.6) is 17.2 Å². The highest BCUT2D eigenvalue weighted by atomic mass is 19.1. The first kappa shape index (κ1) is 17.1. The minimum Gasteiger partial charge on any atom is -0.496 e. The second-order valence-corrected chi connectivity index (χ2v) is 6.48. The highest BCUT2D eigenvalue weighted by molar-refractivity contribution is 5.97. The van der Waals surface area contributed by atoms with Crippen LogP contribution in [0.15, 0.2) is 36.4 Å². The van der Waals surface area contributed by atoms with Crippen LogP contribution in [0.1, 0.15) is 29.8 Å². The lowest BCUT2D eigenvalue weighted by Gasteiger charge is -2.26. The fourth-order valence-corrected chi connectivity index (χ4v) is 2.67. The van der Waals surface area contributed by atoms with Crippen molar-refractivity contribution in [3.63, 3.8) is 0 Å². The third kappa shape index (κ3) is 3.52. The number of carbonyl (C=O) groups excluding carboxylic acids is 1. The number of ether oxygens (including phenoxy) is 3. The van der Waals surface area contributed by atoms with Crippen molar-refractivity contribution in [2.24, 2.45) is 0 Å². The number of nitrogens with one attached hydrogen (secondary N) is 1. The van der Waals surface area contributed by atoms with E-state index in [1.54, 1.807) is 0 Å². The minimum atomic E-state index is -0.485. The summed E-state index contributed by atoms with van der Waals surface area (Å²) >= 11 is 0. The van der Waals surface area contributed by atoms with E-state index in [0.29, 0.717) is 23.8 Å². The van der Waals surface area contributed by atoms with Gasteiger partial charge in [-0.05, 0) is 35.9 Å². The van der Waals surface area contributed by atoms with E-state index >= 15 is 0 Å². The van der Waals surface area contributed by atoms with Crippen LogP contribution in [0.3, 0.4) is 0 Å². The van der Waals surface area contributed by atoms with Crippen LogP contribution in [0.25, 0.3) is 0 Å². The van der Waals surface area contributed by atoms with Crippen molar-refractivity contribution in [3.05, 3.63) is 53.3 Å². The number of amides is 1. The summed E-state index contributed by atoms with van der Waals surface area (Å²) in [5.41, 5.74) is 0.823. The van der Waals surface area contributed by atoms with Gasteiger partial charge < -0.3 is 19.5 Å². The molecule has 1 aliphatic rings. The summed E-state index contributed by atoms with van der Waals surface area (Å²) in [5, 5.41) is 2.85. The maximum Gasteiger partial charge on any atom is 0.255 e. The Morgan fingerprint density at radius 3 is 2.72 bits per heavy atom. The summed E-state index contributed by atoms with van der Waals surface area (Å²) in [6, 6.07) is 9.58. The molecule has 25 heavy (non-hydrogen) atoms. The van der Waals surface area contributed by atoms with Crippen LogP contribution in [-0.2, 0) is 5.41 Å². The Morgan fingerprint density at radius 2 is 1.96 bits per heavy atom. The van der Waals surface area contributed by atoms with Crippen LogP contribution in [0.2, 0.25) is 0 Å². The second-order valence-electron chi connectivity index (χ2n) is 6.48. The van der Waals surface area contributed by atoms with E-state index in [2.05, 4.69) is 5.32 Å². The van der Waals surface area contributed by atoms with Gasteiger partial charge in [0.25, 0.3) is 5.91 Å². The quantitative estimate of drug-likeness (QED) is 0.904. The molecule has 1 heterocycles. The molecule has 0 fully saturated rings. The Labute approximate surface area is 145 Å². The van der Waals surface area contributed by atoms with Gasteiger partial charge >= 0.3 is 0 Å². The molecule has 0 aromatic heterocycles. The fraction of sp³-hybridized carbons (Fsp3) is 0.316. The van der Waals surface area contributed by atoms with E-state index < -0.39 is 5.82 Å². The molecule has 6 heteroatoms. The lowest BCUT2D eigenvalue weighted by Crippen LogP contribution is -2.36. The number of halogens is 1. The average molecular weight is 345 g/mol. The molecule has 0 unspecified atom stereocenters. The standard InChI is InChI=1S/C19H20FNO4/c1-19(2,12-4-6-16-17(8-12)25-11-24-16)10-21-18(22)14-9-13(20)5-7-15(14)23-3/h4-9H,10-11H2,1-3H3,(H,21,22). The van der Waals surface area contributed by atoms with Crippen molar-refractivity contribution in [3.8, 4) is 17.2 Å². The molecule has 0 radical (unpaired) electrons. The molecule has 3 rings (SSSR count). The summed E-state index contributed by atoms with van der Waals surface area (Å²) in [7, 11) is 1.45. The zero-order chi connectivity index (χ0) is 18.0. The Kier molecular flexibility index (Phi) is 4.53. The van der Waals surface area contributed by atoms with E-state index in [1.165, 1.54) is 25.3 Å². The molecule has 0 saturated carbocycles. The SMILES string of the molecule is COc1ccc(F)cc1C(=O)NCC(C)(C)c1ccc2c(c1)OCO2. The number of benzene rings is 2. The first-order chi connectivity index (χ1) is 11.9. The molecule has 5 nitrogen and oxygen atoms in total. The fourth-order valence-electron chi connectivity index (χ4n) is 2.67. The Balaban J connectivity index is 1.74. The van der Waals surface area contributed by atoms with Gasteiger partial charge in [-0.25, -0.2) is 4.39 Å². The van der Waals surface area contributed by atoms with Gasteiger partial charge in [-0.1, -0.05) is 19.9 Å². The topological polar surface area (TPSA) is 56.8 Å². The monoisotopic (exact) mass is 345 g/mol. The number of hydrogen-bond donors (Lipinski definition) is 1. The number of methoxy groups -OCH3 is 1. The predicted molar refractivity (Wildman–Crippen MR) is 90.9 cm³/mol. The van der Waals surface area contributed by atoms with Crippen LogP contribution in [0, 0.1) is 5.82 Å². The van der Waals surface area contributed by atoms with E-state index in [9.17, 15) is 9.18 Å². The molecule has 0 saturated heterocycles. The smallest absolute Gasteiger partial charge is 0.255 e. The number of carbonyl (C=O) groups is 1. The molecule has 132 valence electrons. The molecule has 1 aliphatic heterocycles. The summed E-state index contributed by atoms with van der Waals surface area (Å²) in [4.78, 5) is 12.4. The van der Waals surface area contributed by atoms with Gasteiger partial charge in [-0.3, -0.25) is 4.79 Å². The Morgan fingerprint density at radius 1 is 1.20 bits per heavy atom. The zero-order valence-corrected chi connectivity index (χ0v) is 14.4. The molecule has 1 amide bonds. The summed E-state index contributed by atoms with van der Waals surface area (Å²) in [6.07, 6.45) is 0. The molecule has 1 N–H and O–H groups in total. The third-order valence-electron chi connectivity index (χ3n) is 4.25. The lowest BCUT2D eigenvalue weighted by atomic mass is 9.84. The highest BCUT2D eigenvalue weighted by Gasteiger charge is 2.25. The van der Waals surface area contributed by atoms with E-state index in [0.717, 1.165) is 5.56 Å². The van der Waals surface area contributed by atoms with E-state index in [1.807, 2.05) is 32.0 Å². The first-order valence-electron chi connectivity index (χ1n) is 7.92. The molecule has 0 spiro atoms. The van der Waals surface area contributed by atoms with Gasteiger partial charge in [0, 0.05) is 12.0 Å². The summed E-state index contributed by atoms with van der Waals surface area (Å²) in [6.45, 7) is 4.60. The lowest BCUT2D eigenvalue weighted by molar-refractivity contribution is 0.0942. The van der Waals surface area contributed by atoms with E-state index in [-0.39, 0.29) is 23.7 Å². The van der Waals surface area contributed by atoms with Crippen molar-refractivity contribution in [1.82, 2.24) is 5.32 Å². The molecule has 0 aliphatic carbocycles. The van der Waals surface area contributed by atoms with Crippen LogP contribution in [-0.4, -0.2) is 26.4 Å². The third-order valence-corrected chi connectivity index (χ3v) is 4.25.